The summed E-state index contributed by atoms with van der Waals surface area (Å²) in [5.41, 5.74) is 2.23. The SMILES string of the molecule is Cn1cc(CCc2ccc3c(c2)OCCO3)nn1. The molecule has 2 aromatic rings. The first kappa shape index (κ1) is 11.1. The summed E-state index contributed by atoms with van der Waals surface area (Å²) in [4.78, 5) is 0. The van der Waals surface area contributed by atoms with Gasteiger partial charge in [0.25, 0.3) is 0 Å². The summed E-state index contributed by atoms with van der Waals surface area (Å²) >= 11 is 0. The summed E-state index contributed by atoms with van der Waals surface area (Å²) in [6.07, 6.45) is 3.75. The average Bonchev–Trinajstić information content (AvgIpc) is 2.82. The Bertz CT molecular complexity index is 551. The molecular formula is C13H15N3O2. The Labute approximate surface area is 105 Å². The number of fused-ring (bicyclic) bond motifs is 1. The van der Waals surface area contributed by atoms with Gasteiger partial charge in [0.2, 0.25) is 0 Å². The van der Waals surface area contributed by atoms with Gasteiger partial charge >= 0.3 is 0 Å². The highest BCUT2D eigenvalue weighted by atomic mass is 16.6. The molecule has 0 N–H and O–H groups in total. The van der Waals surface area contributed by atoms with E-state index >= 15 is 0 Å². The molecule has 0 saturated carbocycles. The Kier molecular flexibility index (Phi) is 2.88. The van der Waals surface area contributed by atoms with Crippen LogP contribution in [-0.2, 0) is 19.9 Å². The molecule has 0 unspecified atom stereocenters. The van der Waals surface area contributed by atoms with E-state index < -0.39 is 0 Å². The molecule has 0 radical (unpaired) electrons. The first-order valence-electron chi connectivity index (χ1n) is 6.05. The zero-order valence-electron chi connectivity index (χ0n) is 10.3. The summed E-state index contributed by atoms with van der Waals surface area (Å²) < 4.78 is 12.8. The van der Waals surface area contributed by atoms with Crippen LogP contribution in [0.4, 0.5) is 0 Å². The topological polar surface area (TPSA) is 49.2 Å². The minimum Gasteiger partial charge on any atom is -0.486 e. The van der Waals surface area contributed by atoms with Crippen molar-refractivity contribution in [3.05, 3.63) is 35.7 Å². The fourth-order valence-corrected chi connectivity index (χ4v) is 2.03. The molecule has 1 aliphatic rings. The summed E-state index contributed by atoms with van der Waals surface area (Å²) in [7, 11) is 1.88. The maximum absolute atomic E-state index is 5.56. The Morgan fingerprint density at radius 3 is 2.78 bits per heavy atom. The summed E-state index contributed by atoms with van der Waals surface area (Å²) in [5, 5.41) is 8.00. The first-order chi connectivity index (χ1) is 8.81. The number of rotatable bonds is 3. The largest absolute Gasteiger partial charge is 0.486 e. The van der Waals surface area contributed by atoms with Crippen LogP contribution in [0, 0.1) is 0 Å². The summed E-state index contributed by atoms with van der Waals surface area (Å²) in [6.45, 7) is 1.26. The molecule has 1 aliphatic heterocycles. The molecule has 0 fully saturated rings. The average molecular weight is 245 g/mol. The van der Waals surface area contributed by atoms with Crippen LogP contribution >= 0.6 is 0 Å². The third-order valence-corrected chi connectivity index (χ3v) is 2.93. The molecule has 2 heterocycles. The second-order valence-electron chi connectivity index (χ2n) is 4.36. The third-order valence-electron chi connectivity index (χ3n) is 2.93. The highest BCUT2D eigenvalue weighted by Crippen LogP contribution is 2.30. The number of aryl methyl sites for hydroxylation is 3. The molecule has 3 rings (SSSR count). The van der Waals surface area contributed by atoms with Gasteiger partial charge < -0.3 is 9.47 Å². The molecule has 5 heteroatoms. The van der Waals surface area contributed by atoms with Gasteiger partial charge in [0.15, 0.2) is 11.5 Å². The number of aromatic nitrogens is 3. The van der Waals surface area contributed by atoms with Crippen LogP contribution < -0.4 is 9.47 Å². The van der Waals surface area contributed by atoms with Crippen LogP contribution in [0.2, 0.25) is 0 Å². The molecule has 18 heavy (non-hydrogen) atoms. The molecule has 0 bridgehead atoms. The summed E-state index contributed by atoms with van der Waals surface area (Å²) in [5.74, 6) is 1.68. The van der Waals surface area contributed by atoms with Crippen LogP contribution in [0.25, 0.3) is 0 Å². The van der Waals surface area contributed by atoms with Crippen LogP contribution in [0.1, 0.15) is 11.3 Å². The van der Waals surface area contributed by atoms with Crippen molar-refractivity contribution in [2.75, 3.05) is 13.2 Å². The molecule has 0 amide bonds. The monoisotopic (exact) mass is 245 g/mol. The van der Waals surface area contributed by atoms with Crippen LogP contribution in [0.15, 0.2) is 24.4 Å². The molecule has 1 aromatic carbocycles. The minimum atomic E-state index is 0.626. The van der Waals surface area contributed by atoms with E-state index in [0.29, 0.717) is 13.2 Å². The molecular weight excluding hydrogens is 230 g/mol. The van der Waals surface area contributed by atoms with Crippen molar-refractivity contribution in [2.45, 2.75) is 12.8 Å². The minimum absolute atomic E-state index is 0.626. The highest BCUT2D eigenvalue weighted by Gasteiger charge is 2.11. The van der Waals surface area contributed by atoms with E-state index in [9.17, 15) is 0 Å². The van der Waals surface area contributed by atoms with Crippen molar-refractivity contribution >= 4 is 0 Å². The van der Waals surface area contributed by atoms with Gasteiger partial charge in [0.1, 0.15) is 13.2 Å². The van der Waals surface area contributed by atoms with E-state index in [1.807, 2.05) is 25.4 Å². The van der Waals surface area contributed by atoms with Gasteiger partial charge in [-0.25, -0.2) is 0 Å². The van der Waals surface area contributed by atoms with Crippen molar-refractivity contribution in [1.29, 1.82) is 0 Å². The van der Waals surface area contributed by atoms with Gasteiger partial charge in [0, 0.05) is 13.2 Å². The zero-order valence-corrected chi connectivity index (χ0v) is 10.3. The lowest BCUT2D eigenvalue weighted by Gasteiger charge is -2.18. The van der Waals surface area contributed by atoms with Crippen LogP contribution in [0.3, 0.4) is 0 Å². The maximum Gasteiger partial charge on any atom is 0.161 e. The maximum atomic E-state index is 5.56. The fourth-order valence-electron chi connectivity index (χ4n) is 2.03. The van der Waals surface area contributed by atoms with Crippen molar-refractivity contribution in [2.24, 2.45) is 7.05 Å². The molecule has 0 atom stereocenters. The first-order valence-corrected chi connectivity index (χ1v) is 6.05. The van der Waals surface area contributed by atoms with Crippen molar-refractivity contribution in [3.63, 3.8) is 0 Å². The lowest BCUT2D eigenvalue weighted by Crippen LogP contribution is -2.15. The van der Waals surface area contributed by atoms with Crippen LogP contribution in [0.5, 0.6) is 11.5 Å². The Balaban J connectivity index is 1.69. The van der Waals surface area contributed by atoms with Gasteiger partial charge in [-0.1, -0.05) is 11.3 Å². The molecule has 0 aliphatic carbocycles. The molecule has 1 aromatic heterocycles. The molecule has 0 spiro atoms. The summed E-state index contributed by atoms with van der Waals surface area (Å²) in [6, 6.07) is 6.09. The number of hydrogen-bond acceptors (Lipinski definition) is 4. The lowest BCUT2D eigenvalue weighted by molar-refractivity contribution is 0.171. The molecule has 0 saturated heterocycles. The van der Waals surface area contributed by atoms with E-state index in [0.717, 1.165) is 30.0 Å². The number of benzene rings is 1. The molecule has 94 valence electrons. The Hall–Kier alpha value is -2.04. The van der Waals surface area contributed by atoms with Gasteiger partial charge in [-0.15, -0.1) is 5.10 Å². The second-order valence-corrected chi connectivity index (χ2v) is 4.36. The van der Waals surface area contributed by atoms with E-state index in [-0.39, 0.29) is 0 Å². The smallest absolute Gasteiger partial charge is 0.161 e. The fraction of sp³-hybridized carbons (Fsp3) is 0.385. The number of nitrogens with zero attached hydrogens (tertiary/aromatic N) is 3. The van der Waals surface area contributed by atoms with Gasteiger partial charge in [0.05, 0.1) is 5.69 Å². The van der Waals surface area contributed by atoms with E-state index in [2.05, 4.69) is 16.4 Å². The van der Waals surface area contributed by atoms with Crippen molar-refractivity contribution in [1.82, 2.24) is 15.0 Å². The number of ether oxygens (including phenoxy) is 2. The normalized spacial score (nSPS) is 13.6. The highest BCUT2D eigenvalue weighted by molar-refractivity contribution is 5.43. The van der Waals surface area contributed by atoms with Gasteiger partial charge in [-0.2, -0.15) is 0 Å². The Morgan fingerprint density at radius 2 is 2.00 bits per heavy atom. The zero-order chi connectivity index (χ0) is 12.4. The van der Waals surface area contributed by atoms with Crippen LogP contribution in [-0.4, -0.2) is 28.2 Å². The van der Waals surface area contributed by atoms with E-state index in [4.69, 9.17) is 9.47 Å². The predicted molar refractivity (Wildman–Crippen MR) is 65.8 cm³/mol. The Morgan fingerprint density at radius 1 is 1.17 bits per heavy atom. The predicted octanol–water partition coefficient (Wildman–Crippen LogP) is 1.37. The standard InChI is InChI=1S/C13H15N3O2/c1-16-9-11(14-15-16)4-2-10-3-5-12-13(8-10)18-7-6-17-12/h3,5,8-9H,2,4,6-7H2,1H3. The van der Waals surface area contributed by atoms with Gasteiger partial charge in [-0.05, 0) is 30.5 Å². The van der Waals surface area contributed by atoms with E-state index in [1.54, 1.807) is 4.68 Å². The van der Waals surface area contributed by atoms with Gasteiger partial charge in [-0.3, -0.25) is 4.68 Å². The third kappa shape index (κ3) is 2.30. The second kappa shape index (κ2) is 4.68. The van der Waals surface area contributed by atoms with Crippen molar-refractivity contribution < 1.29 is 9.47 Å². The van der Waals surface area contributed by atoms with Crippen molar-refractivity contribution in [3.8, 4) is 11.5 Å². The quantitative estimate of drug-likeness (QED) is 0.819. The molecule has 5 nitrogen and oxygen atoms in total. The lowest BCUT2D eigenvalue weighted by atomic mass is 10.1. The van der Waals surface area contributed by atoms with E-state index in [1.165, 1.54) is 5.56 Å². The number of hydrogen-bond donors (Lipinski definition) is 0.